The molecule has 0 spiro atoms. The molecule has 0 nitrogen and oxygen atoms in total. The first-order valence-electron chi connectivity index (χ1n) is 2.01. The van der Waals surface area contributed by atoms with Gasteiger partial charge in [0.1, 0.15) is 12.1 Å². The van der Waals surface area contributed by atoms with Crippen LogP contribution in [0.5, 0.6) is 0 Å². The minimum absolute atomic E-state index is 0.319. The minimum atomic E-state index is -2.53. The van der Waals surface area contributed by atoms with Gasteiger partial charge in [-0.15, -0.1) is 11.6 Å². The maximum absolute atomic E-state index is 11.2. The number of hydrogen-bond donors (Lipinski definition) is 0. The van der Waals surface area contributed by atoms with E-state index in [1.807, 2.05) is 0 Å². The summed E-state index contributed by atoms with van der Waals surface area (Å²) in [6, 6.07) is 0. The molecule has 0 heterocycles. The molecule has 0 aliphatic carbocycles. The molecule has 0 aromatic heterocycles. The van der Waals surface area contributed by atoms with Gasteiger partial charge in [0.15, 0.2) is 0 Å². The highest BCUT2D eigenvalue weighted by atomic mass is 35.5. The summed E-state index contributed by atoms with van der Waals surface area (Å²) in [5.41, 5.74) is 0. The predicted octanol–water partition coefficient (Wildman–Crippen LogP) is 2.38. The van der Waals surface area contributed by atoms with E-state index in [1.54, 1.807) is 0 Å². The molecule has 0 N–H and O–H groups in total. The van der Waals surface area contributed by atoms with Crippen LogP contribution in [0.25, 0.3) is 0 Å². The lowest BCUT2D eigenvalue weighted by Crippen LogP contribution is -1.98. The molecular weight excluding hydrogens is 140 g/mol. The zero-order valence-corrected chi connectivity index (χ0v) is 4.76. The van der Waals surface area contributed by atoms with E-state index in [9.17, 15) is 13.2 Å². The Morgan fingerprint density at radius 2 is 2.00 bits per heavy atom. The van der Waals surface area contributed by atoms with Gasteiger partial charge >= 0.3 is 0 Å². The van der Waals surface area contributed by atoms with E-state index in [0.717, 1.165) is 0 Å². The van der Waals surface area contributed by atoms with E-state index in [1.165, 1.54) is 0 Å². The van der Waals surface area contributed by atoms with Crippen LogP contribution >= 0.6 is 11.6 Å². The van der Waals surface area contributed by atoms with Gasteiger partial charge in [-0.2, -0.15) is 0 Å². The summed E-state index contributed by atoms with van der Waals surface area (Å²) in [4.78, 5) is 0. The average molecular weight is 146 g/mol. The lowest BCUT2D eigenvalue weighted by molar-refractivity contribution is 0.143. The summed E-state index contributed by atoms with van der Waals surface area (Å²) in [7, 11) is 0. The van der Waals surface area contributed by atoms with Gasteiger partial charge in [-0.05, 0) is 0 Å². The molecule has 0 atom stereocenters. The van der Waals surface area contributed by atoms with Crippen LogP contribution in [0.3, 0.4) is 0 Å². The second-order valence-electron chi connectivity index (χ2n) is 1.25. The van der Waals surface area contributed by atoms with Gasteiger partial charge in [0.05, 0.1) is 0 Å². The summed E-state index contributed by atoms with van der Waals surface area (Å²) in [6.45, 7) is -0.966. The van der Waals surface area contributed by atoms with E-state index in [0.29, 0.717) is 0 Å². The lowest BCUT2D eigenvalue weighted by Gasteiger charge is -1.99. The molecule has 0 amide bonds. The van der Waals surface area contributed by atoms with Crippen molar-refractivity contribution in [2.75, 3.05) is 6.67 Å². The number of alkyl halides is 3. The second-order valence-corrected chi connectivity index (χ2v) is 1.78. The van der Waals surface area contributed by atoms with Crippen LogP contribution in [0.15, 0.2) is 0 Å². The third-order valence-electron chi connectivity index (χ3n) is 0.521. The van der Waals surface area contributed by atoms with Crippen LogP contribution in [-0.2, 0) is 0 Å². The first-order valence-corrected chi connectivity index (χ1v) is 2.39. The fourth-order valence-corrected chi connectivity index (χ4v) is 0.339. The summed E-state index contributed by atoms with van der Waals surface area (Å²) in [5.74, 6) is 0. The van der Waals surface area contributed by atoms with E-state index in [-0.39, 0.29) is 5.38 Å². The zero-order valence-electron chi connectivity index (χ0n) is 4.00. The SMILES string of the molecule is FC[C](Cl)CC(F)F. The normalized spacial score (nSPS) is 11.2. The Bertz CT molecular complexity index is 57.2. The van der Waals surface area contributed by atoms with E-state index in [4.69, 9.17) is 11.6 Å². The predicted molar refractivity (Wildman–Crippen MR) is 25.7 cm³/mol. The van der Waals surface area contributed by atoms with E-state index in [2.05, 4.69) is 0 Å². The smallest absolute Gasteiger partial charge is 0.240 e. The highest BCUT2D eigenvalue weighted by Gasteiger charge is 2.11. The van der Waals surface area contributed by atoms with E-state index >= 15 is 0 Å². The van der Waals surface area contributed by atoms with Crippen molar-refractivity contribution in [2.45, 2.75) is 12.8 Å². The molecule has 0 aliphatic rings. The van der Waals surface area contributed by atoms with Crippen LogP contribution in [-0.4, -0.2) is 13.1 Å². The fraction of sp³-hybridized carbons (Fsp3) is 0.750. The van der Waals surface area contributed by atoms with Crippen molar-refractivity contribution in [3.63, 3.8) is 0 Å². The zero-order chi connectivity index (χ0) is 6.57. The van der Waals surface area contributed by atoms with E-state index < -0.39 is 19.5 Å². The third kappa shape index (κ3) is 4.24. The molecule has 0 aliphatic heterocycles. The van der Waals surface area contributed by atoms with Crippen LogP contribution in [0.2, 0.25) is 0 Å². The second kappa shape index (κ2) is 4.01. The molecule has 0 rings (SSSR count). The van der Waals surface area contributed by atoms with Crippen molar-refractivity contribution >= 4 is 11.6 Å². The van der Waals surface area contributed by atoms with Crippen molar-refractivity contribution in [3.8, 4) is 0 Å². The van der Waals surface area contributed by atoms with Crippen LogP contribution in [0.4, 0.5) is 13.2 Å². The molecular formula is C4H5ClF3. The Labute approximate surface area is 50.6 Å². The third-order valence-corrected chi connectivity index (χ3v) is 0.776. The minimum Gasteiger partial charge on any atom is -0.249 e. The largest absolute Gasteiger partial charge is 0.249 e. The number of halogens is 4. The monoisotopic (exact) mass is 145 g/mol. The fourth-order valence-electron chi connectivity index (χ4n) is 0.222. The Morgan fingerprint density at radius 3 is 2.12 bits per heavy atom. The van der Waals surface area contributed by atoms with Gasteiger partial charge in [-0.25, -0.2) is 13.2 Å². The standard InChI is InChI=1S/C4H5ClF3/c5-3(2-6)1-4(7)8/h4H,1-2H2. The van der Waals surface area contributed by atoms with Gasteiger partial charge in [0, 0.05) is 6.42 Å². The maximum atomic E-state index is 11.2. The number of hydrogen-bond acceptors (Lipinski definition) is 0. The van der Waals surface area contributed by atoms with Crippen molar-refractivity contribution in [1.82, 2.24) is 0 Å². The van der Waals surface area contributed by atoms with Gasteiger partial charge in [0.25, 0.3) is 0 Å². The first kappa shape index (κ1) is 8.08. The number of rotatable bonds is 3. The molecule has 4 heteroatoms. The lowest BCUT2D eigenvalue weighted by atomic mass is 10.3. The van der Waals surface area contributed by atoms with Crippen LogP contribution < -0.4 is 0 Å². The molecule has 8 heavy (non-hydrogen) atoms. The molecule has 49 valence electrons. The molecule has 0 fully saturated rings. The summed E-state index contributed by atoms with van der Waals surface area (Å²) < 4.78 is 33.6. The summed E-state index contributed by atoms with van der Waals surface area (Å²) >= 11 is 4.92. The Morgan fingerprint density at radius 1 is 1.50 bits per heavy atom. The van der Waals surface area contributed by atoms with Gasteiger partial charge in [-0.1, -0.05) is 0 Å². The van der Waals surface area contributed by atoms with Gasteiger partial charge in [0.2, 0.25) is 6.43 Å². The molecule has 0 unspecified atom stereocenters. The Hall–Kier alpha value is 0.0800. The van der Waals surface area contributed by atoms with Gasteiger partial charge < -0.3 is 0 Å². The maximum Gasteiger partial charge on any atom is 0.240 e. The molecule has 1 radical (unpaired) electrons. The van der Waals surface area contributed by atoms with Crippen molar-refractivity contribution in [2.24, 2.45) is 0 Å². The molecule has 0 aromatic rings. The molecule has 0 aromatic carbocycles. The van der Waals surface area contributed by atoms with Crippen molar-refractivity contribution in [1.29, 1.82) is 0 Å². The highest BCUT2D eigenvalue weighted by Crippen LogP contribution is 2.16. The quantitative estimate of drug-likeness (QED) is 0.572. The highest BCUT2D eigenvalue weighted by molar-refractivity contribution is 6.27. The topological polar surface area (TPSA) is 0 Å². The summed E-state index contributed by atoms with van der Waals surface area (Å²) in [6.07, 6.45) is -3.17. The Kier molecular flexibility index (Phi) is 4.05. The van der Waals surface area contributed by atoms with Crippen molar-refractivity contribution < 1.29 is 13.2 Å². The average Bonchev–Trinajstić information content (AvgIpc) is 1.65. The van der Waals surface area contributed by atoms with Crippen LogP contribution in [0, 0.1) is 5.38 Å². The van der Waals surface area contributed by atoms with Crippen LogP contribution in [0.1, 0.15) is 6.42 Å². The summed E-state index contributed by atoms with van der Waals surface area (Å²) in [5, 5.41) is -0.319. The Balaban J connectivity index is 3.10. The molecule has 0 saturated heterocycles. The molecule has 0 saturated carbocycles. The van der Waals surface area contributed by atoms with Gasteiger partial charge in [-0.3, -0.25) is 0 Å². The first-order chi connectivity index (χ1) is 3.66. The molecule has 0 bridgehead atoms. The van der Waals surface area contributed by atoms with Crippen molar-refractivity contribution in [3.05, 3.63) is 5.38 Å².